The Morgan fingerprint density at radius 3 is 2.00 bits per heavy atom. The summed E-state index contributed by atoms with van der Waals surface area (Å²) in [5.41, 5.74) is 0. The van der Waals surface area contributed by atoms with E-state index in [0.29, 0.717) is 0 Å². The van der Waals surface area contributed by atoms with E-state index in [-0.39, 0.29) is 6.15 Å². The van der Waals surface area contributed by atoms with Crippen LogP contribution in [0.3, 0.4) is 0 Å². The summed E-state index contributed by atoms with van der Waals surface area (Å²) < 4.78 is 0. The molecule has 0 aromatic rings. The van der Waals surface area contributed by atoms with Crippen LogP contribution < -0.4 is 6.15 Å². The van der Waals surface area contributed by atoms with Crippen LogP contribution in [-0.2, 0) is 0 Å². The number of likely N-dealkylation sites (N-methyl/N-ethyl adjacent to an activating group) is 1. The van der Waals surface area contributed by atoms with Gasteiger partial charge in [0.1, 0.15) is 0 Å². The molecule has 38 valence electrons. The molecule has 0 atom stereocenters. The summed E-state index contributed by atoms with van der Waals surface area (Å²) in [6.07, 6.45) is 0. The second kappa shape index (κ2) is 2.16. The molecular weight excluding hydrogens is 76.1 g/mol. The lowest BCUT2D eigenvalue weighted by Crippen LogP contribution is -1.89. The second-order valence-electron chi connectivity index (χ2n) is 1.43. The number of nitrogens with zero attached hydrogens (tertiary/aromatic N) is 1. The van der Waals surface area contributed by atoms with Crippen molar-refractivity contribution in [2.45, 2.75) is 6.92 Å². The van der Waals surface area contributed by atoms with Crippen molar-refractivity contribution < 1.29 is 0 Å². The van der Waals surface area contributed by atoms with E-state index >= 15 is 0 Å². The number of hydrogen-bond donors (Lipinski definition) is 1. The molecule has 3 N–H and O–H groups in total. The Morgan fingerprint density at radius 1 is 1.50 bits per heavy atom. The molecule has 0 spiro atoms. The lowest BCUT2D eigenvalue weighted by Gasteiger charge is -1.81. The molecule has 0 saturated carbocycles. The lowest BCUT2D eigenvalue weighted by atomic mass is 10.8. The Labute approximate surface area is 38.7 Å². The van der Waals surface area contributed by atoms with Crippen LogP contribution in [0.15, 0.2) is 0 Å². The van der Waals surface area contributed by atoms with E-state index < -0.39 is 0 Å². The van der Waals surface area contributed by atoms with Gasteiger partial charge >= 0.3 is 0 Å². The van der Waals surface area contributed by atoms with Gasteiger partial charge in [-0.15, -0.1) is 0 Å². The van der Waals surface area contributed by atoms with Crippen LogP contribution in [0.1, 0.15) is 6.92 Å². The van der Waals surface area contributed by atoms with E-state index in [9.17, 15) is 0 Å². The van der Waals surface area contributed by atoms with Crippen LogP contribution in [0.2, 0.25) is 0 Å². The fourth-order valence-electron chi connectivity index (χ4n) is 0.387. The van der Waals surface area contributed by atoms with Gasteiger partial charge in [-0.1, -0.05) is 6.92 Å². The van der Waals surface area contributed by atoms with Gasteiger partial charge in [-0.25, -0.2) is 0 Å². The van der Waals surface area contributed by atoms with E-state index in [1.165, 1.54) is 19.6 Å². The van der Waals surface area contributed by atoms with Crippen LogP contribution in [-0.4, -0.2) is 24.5 Å². The normalized spacial score (nSPS) is 19.5. The zero-order valence-electron chi connectivity index (χ0n) is 4.28. The fourth-order valence-corrected chi connectivity index (χ4v) is 0.387. The maximum Gasteiger partial charge on any atom is 0.0110 e. The maximum absolute atomic E-state index is 2.38. The van der Waals surface area contributed by atoms with E-state index in [4.69, 9.17) is 0 Å². The molecule has 1 saturated heterocycles. The van der Waals surface area contributed by atoms with Crippen molar-refractivity contribution in [2.75, 3.05) is 19.6 Å². The number of hydrogen-bond acceptors (Lipinski definition) is 2. The first kappa shape index (κ1) is 5.92. The summed E-state index contributed by atoms with van der Waals surface area (Å²) in [4.78, 5) is 2.38. The largest absolute Gasteiger partial charge is 0.344 e. The van der Waals surface area contributed by atoms with Gasteiger partial charge < -0.3 is 11.1 Å². The smallest absolute Gasteiger partial charge is 0.0110 e. The highest BCUT2D eigenvalue weighted by Crippen LogP contribution is 1.98. The van der Waals surface area contributed by atoms with Gasteiger partial charge in [0.15, 0.2) is 0 Å². The minimum Gasteiger partial charge on any atom is -0.344 e. The van der Waals surface area contributed by atoms with Gasteiger partial charge in [0.25, 0.3) is 0 Å². The van der Waals surface area contributed by atoms with Gasteiger partial charge in [0.05, 0.1) is 0 Å². The van der Waals surface area contributed by atoms with Crippen LogP contribution in [0.25, 0.3) is 0 Å². The van der Waals surface area contributed by atoms with Gasteiger partial charge in [0.2, 0.25) is 0 Å². The van der Waals surface area contributed by atoms with Crippen molar-refractivity contribution in [3.05, 3.63) is 0 Å². The Morgan fingerprint density at radius 2 is 2.00 bits per heavy atom. The predicted octanol–water partition coefficient (Wildman–Crippen LogP) is 0.484. The monoisotopic (exact) mass is 88.1 g/mol. The maximum atomic E-state index is 2.38. The molecule has 1 rings (SSSR count). The third kappa shape index (κ3) is 1.38. The van der Waals surface area contributed by atoms with E-state index in [1.54, 1.807) is 0 Å². The van der Waals surface area contributed by atoms with E-state index in [0.717, 1.165) is 0 Å². The summed E-state index contributed by atoms with van der Waals surface area (Å²) in [6.45, 7) is 6.12. The Hall–Kier alpha value is -0.0800. The highest BCUT2D eigenvalue weighted by Gasteiger charge is 2.12. The standard InChI is InChI=1S/C4H9N.H3N/c1-2-5-3-4-5;/h2-4H2,1H3;1H3. The molecule has 0 unspecified atom stereocenters. The van der Waals surface area contributed by atoms with Crippen molar-refractivity contribution in [1.29, 1.82) is 0 Å². The van der Waals surface area contributed by atoms with Gasteiger partial charge in [0, 0.05) is 13.1 Å². The van der Waals surface area contributed by atoms with Crippen LogP contribution in [0, 0.1) is 0 Å². The molecule has 0 aromatic carbocycles. The van der Waals surface area contributed by atoms with Gasteiger partial charge in [-0.2, -0.15) is 0 Å². The summed E-state index contributed by atoms with van der Waals surface area (Å²) in [7, 11) is 0. The average molecular weight is 88.2 g/mol. The van der Waals surface area contributed by atoms with Crippen molar-refractivity contribution >= 4 is 0 Å². The molecular formula is C4H12N2. The predicted molar refractivity (Wildman–Crippen MR) is 27.1 cm³/mol. The first-order valence-corrected chi connectivity index (χ1v) is 2.16. The van der Waals surface area contributed by atoms with Crippen LogP contribution in [0.4, 0.5) is 0 Å². The third-order valence-corrected chi connectivity index (χ3v) is 0.987. The highest BCUT2D eigenvalue weighted by molar-refractivity contribution is 4.68. The molecule has 6 heavy (non-hydrogen) atoms. The molecule has 1 aliphatic heterocycles. The molecule has 1 heterocycles. The molecule has 0 radical (unpaired) electrons. The SMILES string of the molecule is CCN1CC1.N. The average Bonchev–Trinajstić information content (AvgIpc) is 2.12. The van der Waals surface area contributed by atoms with Gasteiger partial charge in [-0.05, 0) is 6.54 Å². The van der Waals surface area contributed by atoms with Crippen molar-refractivity contribution in [3.63, 3.8) is 0 Å². The quantitative estimate of drug-likeness (QED) is 0.473. The third-order valence-electron chi connectivity index (χ3n) is 0.987. The first-order chi connectivity index (χ1) is 2.43. The van der Waals surface area contributed by atoms with E-state index in [1.807, 2.05) is 0 Å². The fraction of sp³-hybridized carbons (Fsp3) is 1.00. The Bertz CT molecular complexity index is 32.5. The molecule has 0 aromatic heterocycles. The summed E-state index contributed by atoms with van der Waals surface area (Å²) in [5, 5.41) is 0. The highest BCUT2D eigenvalue weighted by atomic mass is 15.2. The van der Waals surface area contributed by atoms with Crippen molar-refractivity contribution in [1.82, 2.24) is 11.1 Å². The zero-order valence-corrected chi connectivity index (χ0v) is 4.28. The van der Waals surface area contributed by atoms with Crippen LogP contribution in [0.5, 0.6) is 0 Å². The number of rotatable bonds is 1. The topological polar surface area (TPSA) is 38.0 Å². The molecule has 1 aliphatic rings. The zero-order chi connectivity index (χ0) is 3.70. The van der Waals surface area contributed by atoms with Crippen molar-refractivity contribution in [3.8, 4) is 0 Å². The molecule has 2 heteroatoms. The second-order valence-corrected chi connectivity index (χ2v) is 1.43. The summed E-state index contributed by atoms with van der Waals surface area (Å²) >= 11 is 0. The molecule has 0 amide bonds. The van der Waals surface area contributed by atoms with Crippen molar-refractivity contribution in [2.24, 2.45) is 0 Å². The molecule has 0 bridgehead atoms. The molecule has 0 aliphatic carbocycles. The summed E-state index contributed by atoms with van der Waals surface area (Å²) in [6, 6.07) is 0. The van der Waals surface area contributed by atoms with Crippen LogP contribution >= 0.6 is 0 Å². The minimum absolute atomic E-state index is 0. The molecule has 2 nitrogen and oxygen atoms in total. The lowest BCUT2D eigenvalue weighted by molar-refractivity contribution is 0.595. The minimum atomic E-state index is 0. The molecule has 1 fully saturated rings. The van der Waals surface area contributed by atoms with Gasteiger partial charge in [-0.3, -0.25) is 0 Å². The Balaban J connectivity index is 0.000000250. The Kier molecular flexibility index (Phi) is 2.13. The van der Waals surface area contributed by atoms with E-state index in [2.05, 4.69) is 11.8 Å². The first-order valence-electron chi connectivity index (χ1n) is 2.16. The summed E-state index contributed by atoms with van der Waals surface area (Å²) in [5.74, 6) is 0.